The lowest BCUT2D eigenvalue weighted by Crippen LogP contribution is -2.54. The van der Waals surface area contributed by atoms with E-state index in [0.717, 1.165) is 17.2 Å². The van der Waals surface area contributed by atoms with E-state index in [1.807, 2.05) is 0 Å². The predicted molar refractivity (Wildman–Crippen MR) is 135 cm³/mol. The third-order valence-electron chi connectivity index (χ3n) is 6.30. The van der Waals surface area contributed by atoms with Crippen LogP contribution >= 0.6 is 22.9 Å². The number of thiazole rings is 1. The van der Waals surface area contributed by atoms with E-state index in [2.05, 4.69) is 43.2 Å². The van der Waals surface area contributed by atoms with Crippen molar-refractivity contribution in [3.63, 3.8) is 0 Å². The molecule has 0 spiro atoms. The van der Waals surface area contributed by atoms with Gasteiger partial charge in [-0.3, -0.25) is 0 Å². The number of piperazine rings is 1. The second kappa shape index (κ2) is 8.93. The second-order valence-corrected chi connectivity index (χ2v) is 12.6. The van der Waals surface area contributed by atoms with Crippen LogP contribution < -0.4 is 4.90 Å². The number of benzene rings is 1. The molecule has 1 aromatic carbocycles. The van der Waals surface area contributed by atoms with E-state index in [9.17, 15) is 8.42 Å². The Morgan fingerprint density at radius 2 is 1.78 bits per heavy atom. The van der Waals surface area contributed by atoms with Gasteiger partial charge in [-0.15, -0.1) is 22.9 Å². The first kappa shape index (κ1) is 23.5. The number of aryl methyl sites for hydroxylation is 3. The molecule has 1 aliphatic carbocycles. The van der Waals surface area contributed by atoms with Crippen molar-refractivity contribution in [1.82, 2.24) is 9.29 Å². The molecule has 1 saturated heterocycles. The Hall–Kier alpha value is -1.67. The number of hydrogen-bond donors (Lipinski definition) is 0. The molecule has 2 aromatic rings. The molecule has 4 rings (SSSR count). The summed E-state index contributed by atoms with van der Waals surface area (Å²) in [4.78, 5) is 6.13. The van der Waals surface area contributed by atoms with Crippen LogP contribution in [-0.4, -0.2) is 54.0 Å². The zero-order valence-electron chi connectivity index (χ0n) is 19.0. The number of rotatable bonds is 5. The highest BCUT2D eigenvalue weighted by Gasteiger charge is 2.43. The monoisotopic (exact) mass is 491 g/mol. The summed E-state index contributed by atoms with van der Waals surface area (Å²) in [6.07, 6.45) is 7.82. The molecule has 0 bridgehead atoms. The van der Waals surface area contributed by atoms with E-state index in [1.165, 1.54) is 22.3 Å². The summed E-state index contributed by atoms with van der Waals surface area (Å²) in [6.45, 7) is 10.3. The number of aromatic nitrogens is 1. The van der Waals surface area contributed by atoms with E-state index in [-0.39, 0.29) is 0 Å². The second-order valence-electron chi connectivity index (χ2n) is 8.92. The highest BCUT2D eigenvalue weighted by atomic mass is 35.5. The maximum absolute atomic E-state index is 13.2. The van der Waals surface area contributed by atoms with Crippen LogP contribution in [0.2, 0.25) is 0 Å². The third-order valence-corrected chi connectivity index (χ3v) is 10.1. The van der Waals surface area contributed by atoms with Crippen molar-refractivity contribution in [3.05, 3.63) is 69.8 Å². The average molecular weight is 492 g/mol. The Labute approximate surface area is 200 Å². The minimum atomic E-state index is -3.53. The van der Waals surface area contributed by atoms with E-state index < -0.39 is 20.1 Å². The summed E-state index contributed by atoms with van der Waals surface area (Å²) < 4.78 is 28.0. The standard InChI is InChI=1S/C24H30ClN3O2S2/c1-17-13-18(2)21(19(3)14-17)15-20-16-31-23(26-20)27-9-11-28(12-10-27)32(29,30)22-7-5-6-8-24(22,4)25/h5-8,13-14,16,22H,9-12,15H2,1-4H3. The van der Waals surface area contributed by atoms with Crippen LogP contribution in [-0.2, 0) is 16.4 Å². The van der Waals surface area contributed by atoms with Crippen LogP contribution in [0.15, 0.2) is 41.8 Å². The molecule has 2 heterocycles. The molecule has 0 amide bonds. The zero-order chi connectivity index (χ0) is 23.1. The smallest absolute Gasteiger partial charge is 0.222 e. The van der Waals surface area contributed by atoms with E-state index >= 15 is 0 Å². The predicted octanol–water partition coefficient (Wildman–Crippen LogP) is 4.60. The van der Waals surface area contributed by atoms with Crippen molar-refractivity contribution >= 4 is 38.1 Å². The van der Waals surface area contributed by atoms with Crippen LogP contribution in [0.1, 0.15) is 34.9 Å². The third kappa shape index (κ3) is 4.67. The van der Waals surface area contributed by atoms with Crippen LogP contribution in [0.5, 0.6) is 0 Å². The molecule has 1 aliphatic heterocycles. The van der Waals surface area contributed by atoms with Crippen molar-refractivity contribution < 1.29 is 8.42 Å². The highest BCUT2D eigenvalue weighted by molar-refractivity contribution is 7.90. The minimum absolute atomic E-state index is 0.439. The van der Waals surface area contributed by atoms with Gasteiger partial charge in [-0.05, 0) is 44.4 Å². The zero-order valence-corrected chi connectivity index (χ0v) is 21.4. The molecule has 5 nitrogen and oxygen atoms in total. The molecule has 0 N–H and O–H groups in total. The number of allylic oxidation sites excluding steroid dienone is 3. The van der Waals surface area contributed by atoms with Gasteiger partial charge in [0.1, 0.15) is 5.25 Å². The number of nitrogens with zero attached hydrogens (tertiary/aromatic N) is 3. The molecular formula is C24H30ClN3O2S2. The molecule has 2 aliphatic rings. The van der Waals surface area contributed by atoms with Gasteiger partial charge in [-0.1, -0.05) is 42.0 Å². The highest BCUT2D eigenvalue weighted by Crippen LogP contribution is 2.33. The van der Waals surface area contributed by atoms with Crippen LogP contribution in [0, 0.1) is 20.8 Å². The van der Waals surface area contributed by atoms with Crippen molar-refractivity contribution in [2.45, 2.75) is 44.2 Å². The molecule has 172 valence electrons. The fourth-order valence-corrected chi connectivity index (χ4v) is 7.88. The van der Waals surface area contributed by atoms with Crippen molar-refractivity contribution in [2.24, 2.45) is 0 Å². The van der Waals surface area contributed by atoms with Crippen LogP contribution in [0.3, 0.4) is 0 Å². The van der Waals surface area contributed by atoms with Gasteiger partial charge in [0.15, 0.2) is 5.13 Å². The average Bonchev–Trinajstić information content (AvgIpc) is 3.19. The maximum Gasteiger partial charge on any atom is 0.222 e. The Bertz CT molecular complexity index is 1140. The fraction of sp³-hybridized carbons (Fsp3) is 0.458. The minimum Gasteiger partial charge on any atom is -0.345 e. The van der Waals surface area contributed by atoms with E-state index in [0.29, 0.717) is 26.2 Å². The van der Waals surface area contributed by atoms with Crippen molar-refractivity contribution in [2.75, 3.05) is 31.1 Å². The van der Waals surface area contributed by atoms with E-state index in [1.54, 1.807) is 46.9 Å². The molecular weight excluding hydrogens is 462 g/mol. The number of alkyl halides is 1. The molecule has 2 unspecified atom stereocenters. The summed E-state index contributed by atoms with van der Waals surface area (Å²) in [6, 6.07) is 4.44. The Morgan fingerprint density at radius 1 is 1.12 bits per heavy atom. The molecule has 2 atom stereocenters. The van der Waals surface area contributed by atoms with Gasteiger partial charge in [0.05, 0.1) is 10.6 Å². The van der Waals surface area contributed by atoms with Gasteiger partial charge < -0.3 is 4.90 Å². The summed E-state index contributed by atoms with van der Waals surface area (Å²) in [5, 5.41) is 2.33. The summed E-state index contributed by atoms with van der Waals surface area (Å²) in [7, 11) is -3.53. The molecule has 1 aromatic heterocycles. The number of halogens is 1. The van der Waals surface area contributed by atoms with Gasteiger partial charge in [0.2, 0.25) is 10.0 Å². The summed E-state index contributed by atoms with van der Waals surface area (Å²) in [5.74, 6) is 0. The Morgan fingerprint density at radius 3 is 2.41 bits per heavy atom. The summed E-state index contributed by atoms with van der Waals surface area (Å²) >= 11 is 8.14. The van der Waals surface area contributed by atoms with Crippen molar-refractivity contribution in [1.29, 1.82) is 0 Å². The lowest BCUT2D eigenvalue weighted by Gasteiger charge is -2.38. The SMILES string of the molecule is Cc1cc(C)c(Cc2csc(N3CCN(S(=O)(=O)C4C=CC=CC4(C)Cl)CC3)n2)c(C)c1. The van der Waals surface area contributed by atoms with Crippen molar-refractivity contribution in [3.8, 4) is 0 Å². The maximum atomic E-state index is 13.2. The van der Waals surface area contributed by atoms with Crippen LogP contribution in [0.25, 0.3) is 0 Å². The Balaban J connectivity index is 1.42. The molecule has 8 heteroatoms. The first-order valence-electron chi connectivity index (χ1n) is 10.9. The van der Waals surface area contributed by atoms with E-state index in [4.69, 9.17) is 16.6 Å². The largest absolute Gasteiger partial charge is 0.345 e. The fourth-order valence-electron chi connectivity index (χ4n) is 4.57. The Kier molecular flexibility index (Phi) is 6.56. The van der Waals surface area contributed by atoms with Gasteiger partial charge in [0.25, 0.3) is 0 Å². The van der Waals surface area contributed by atoms with Gasteiger partial charge in [-0.25, -0.2) is 13.4 Å². The topological polar surface area (TPSA) is 53.5 Å². The number of sulfonamides is 1. The first-order chi connectivity index (χ1) is 15.1. The molecule has 32 heavy (non-hydrogen) atoms. The number of hydrogen-bond acceptors (Lipinski definition) is 5. The first-order valence-corrected chi connectivity index (χ1v) is 13.6. The molecule has 0 radical (unpaired) electrons. The summed E-state index contributed by atoms with van der Waals surface area (Å²) in [5.41, 5.74) is 6.28. The van der Waals surface area contributed by atoms with Gasteiger partial charge >= 0.3 is 0 Å². The number of anilines is 1. The quantitative estimate of drug-likeness (QED) is 0.573. The van der Waals surface area contributed by atoms with Gasteiger partial charge in [-0.2, -0.15) is 4.31 Å². The lowest BCUT2D eigenvalue weighted by atomic mass is 9.96. The van der Waals surface area contributed by atoms with Gasteiger partial charge in [0, 0.05) is 38.0 Å². The normalized spacial score (nSPS) is 24.3. The molecule has 0 saturated carbocycles. The lowest BCUT2D eigenvalue weighted by molar-refractivity contribution is 0.379. The van der Waals surface area contributed by atoms with Crippen LogP contribution in [0.4, 0.5) is 5.13 Å². The molecule has 1 fully saturated rings.